The van der Waals surface area contributed by atoms with Crippen LogP contribution in [0.5, 0.6) is 0 Å². The molecule has 2 aromatic rings. The van der Waals surface area contributed by atoms with E-state index in [1.165, 1.54) is 16.7 Å². The summed E-state index contributed by atoms with van der Waals surface area (Å²) in [7, 11) is 0. The highest BCUT2D eigenvalue weighted by Gasteiger charge is 2.29. The Bertz CT molecular complexity index is 873. The summed E-state index contributed by atoms with van der Waals surface area (Å²) in [6, 6.07) is 14.5. The number of aliphatic hydroxyl groups is 2. The van der Waals surface area contributed by atoms with E-state index in [2.05, 4.69) is 30.3 Å². The van der Waals surface area contributed by atoms with E-state index in [0.29, 0.717) is 16.0 Å². The molecule has 3 rings (SSSR count). The normalized spacial score (nSPS) is 19.9. The molecule has 6 N–H and O–H groups in total. The number of aliphatic carboxylic acids is 2. The van der Waals surface area contributed by atoms with Gasteiger partial charge in [0.15, 0.2) is 12.2 Å². The smallest absolute Gasteiger partial charge is 0.335 e. The van der Waals surface area contributed by atoms with Crippen LogP contribution < -0.4 is 5.73 Å². The van der Waals surface area contributed by atoms with Crippen LogP contribution in [-0.4, -0.2) is 44.6 Å². The number of hydrogen-bond acceptors (Lipinski definition) is 5. The lowest BCUT2D eigenvalue weighted by Gasteiger charge is -2.30. The fraction of sp³-hybridized carbons (Fsp3) is 0.300. The number of carboxylic acid groups (broad SMARTS) is 2. The predicted octanol–water partition coefficient (Wildman–Crippen LogP) is 2.80. The van der Waals surface area contributed by atoms with Crippen molar-refractivity contribution in [2.24, 2.45) is 5.73 Å². The van der Waals surface area contributed by atoms with Crippen LogP contribution in [0.1, 0.15) is 41.5 Å². The Kier molecular flexibility index (Phi) is 8.01. The van der Waals surface area contributed by atoms with Crippen LogP contribution in [0.25, 0.3) is 0 Å². The predicted molar refractivity (Wildman–Crippen MR) is 108 cm³/mol. The van der Waals surface area contributed by atoms with Crippen LogP contribution in [0.3, 0.4) is 0 Å². The molecule has 4 atom stereocenters. The standard InChI is InChI=1S/C16H15Cl2N.C4H6O6/c17-14-7-5-10(9-15(14)18)11-6-8-16(19)13-4-2-1-3-12(11)13;5-1(3(7)8)2(6)4(9)10/h1-5,7,9,11,16H,6,8,19H2;1-2,5-6H,(H,7,8)(H,9,10)/t11-,16-;/m0./s1. The number of halogens is 2. The van der Waals surface area contributed by atoms with Gasteiger partial charge in [-0.1, -0.05) is 53.5 Å². The molecule has 7 nitrogen and oxygen atoms in total. The maximum absolute atomic E-state index is 9.77. The van der Waals surface area contributed by atoms with Crippen molar-refractivity contribution in [1.82, 2.24) is 0 Å². The first-order valence-corrected chi connectivity index (χ1v) is 9.50. The summed E-state index contributed by atoms with van der Waals surface area (Å²) >= 11 is 12.1. The average Bonchev–Trinajstić information content (AvgIpc) is 2.70. The summed E-state index contributed by atoms with van der Waals surface area (Å²) in [4.78, 5) is 19.5. The van der Waals surface area contributed by atoms with Crippen molar-refractivity contribution in [3.63, 3.8) is 0 Å². The van der Waals surface area contributed by atoms with Gasteiger partial charge in [0.2, 0.25) is 0 Å². The van der Waals surface area contributed by atoms with Gasteiger partial charge in [0.05, 0.1) is 10.0 Å². The molecule has 0 aromatic heterocycles. The van der Waals surface area contributed by atoms with E-state index in [1.807, 2.05) is 12.1 Å². The number of carboxylic acids is 2. The fourth-order valence-corrected chi connectivity index (χ4v) is 3.48. The third-order valence-electron chi connectivity index (χ3n) is 4.69. The Hall–Kier alpha value is -2.16. The van der Waals surface area contributed by atoms with Crippen molar-refractivity contribution in [2.75, 3.05) is 0 Å². The lowest BCUT2D eigenvalue weighted by Crippen LogP contribution is -2.39. The van der Waals surface area contributed by atoms with Gasteiger partial charge in [-0.25, -0.2) is 9.59 Å². The van der Waals surface area contributed by atoms with Gasteiger partial charge in [0.1, 0.15) is 0 Å². The molecule has 156 valence electrons. The second-order valence-electron chi connectivity index (χ2n) is 6.61. The van der Waals surface area contributed by atoms with Crippen molar-refractivity contribution in [3.05, 3.63) is 69.2 Å². The molecule has 1 aliphatic carbocycles. The quantitative estimate of drug-likeness (QED) is 0.490. The fourth-order valence-electron chi connectivity index (χ4n) is 3.17. The van der Waals surface area contributed by atoms with Gasteiger partial charge >= 0.3 is 11.9 Å². The minimum absolute atomic E-state index is 0.148. The summed E-state index contributed by atoms with van der Waals surface area (Å²) in [6.07, 6.45) is -2.48. The van der Waals surface area contributed by atoms with Gasteiger partial charge in [0.25, 0.3) is 0 Å². The summed E-state index contributed by atoms with van der Waals surface area (Å²) in [5.74, 6) is -3.17. The highest BCUT2D eigenvalue weighted by Crippen LogP contribution is 2.41. The molecule has 2 aromatic carbocycles. The summed E-state index contributed by atoms with van der Waals surface area (Å²) in [5, 5.41) is 33.7. The second kappa shape index (κ2) is 10.0. The van der Waals surface area contributed by atoms with E-state index in [-0.39, 0.29) is 6.04 Å². The molecular formula is C20H21Cl2NO6. The third-order valence-corrected chi connectivity index (χ3v) is 5.43. The molecule has 0 spiro atoms. The van der Waals surface area contributed by atoms with Gasteiger partial charge in [-0.2, -0.15) is 0 Å². The molecular weight excluding hydrogens is 421 g/mol. The zero-order chi connectivity index (χ0) is 21.7. The van der Waals surface area contributed by atoms with Crippen molar-refractivity contribution in [1.29, 1.82) is 0 Å². The summed E-state index contributed by atoms with van der Waals surface area (Å²) in [5.41, 5.74) is 9.98. The molecule has 9 heteroatoms. The van der Waals surface area contributed by atoms with Crippen LogP contribution in [-0.2, 0) is 9.59 Å². The van der Waals surface area contributed by atoms with Crippen molar-refractivity contribution in [3.8, 4) is 0 Å². The lowest BCUT2D eigenvalue weighted by molar-refractivity contribution is -0.165. The second-order valence-corrected chi connectivity index (χ2v) is 7.42. The Labute approximate surface area is 177 Å². The van der Waals surface area contributed by atoms with E-state index in [0.717, 1.165) is 12.8 Å². The molecule has 0 bridgehead atoms. The van der Waals surface area contributed by atoms with E-state index >= 15 is 0 Å². The summed E-state index contributed by atoms with van der Waals surface area (Å²) < 4.78 is 0. The van der Waals surface area contributed by atoms with E-state index in [4.69, 9.17) is 49.4 Å². The van der Waals surface area contributed by atoms with E-state index in [1.54, 1.807) is 0 Å². The molecule has 0 heterocycles. The van der Waals surface area contributed by atoms with Crippen molar-refractivity contribution >= 4 is 35.1 Å². The maximum Gasteiger partial charge on any atom is 0.335 e. The maximum atomic E-state index is 9.77. The van der Waals surface area contributed by atoms with Crippen molar-refractivity contribution < 1.29 is 30.0 Å². The van der Waals surface area contributed by atoms with E-state index < -0.39 is 24.1 Å². The number of carbonyl (C=O) groups is 2. The Morgan fingerprint density at radius 3 is 1.97 bits per heavy atom. The number of nitrogens with two attached hydrogens (primary N) is 1. The molecule has 0 amide bonds. The number of fused-ring (bicyclic) bond motifs is 1. The summed E-state index contributed by atoms with van der Waals surface area (Å²) in [6.45, 7) is 0. The zero-order valence-electron chi connectivity index (χ0n) is 15.2. The van der Waals surface area contributed by atoms with Gasteiger partial charge in [0, 0.05) is 12.0 Å². The molecule has 0 aliphatic heterocycles. The lowest BCUT2D eigenvalue weighted by atomic mass is 9.77. The van der Waals surface area contributed by atoms with E-state index in [9.17, 15) is 9.59 Å². The number of benzene rings is 2. The minimum atomic E-state index is -2.27. The molecule has 0 fully saturated rings. The number of hydrogen-bond donors (Lipinski definition) is 5. The molecule has 0 radical (unpaired) electrons. The largest absolute Gasteiger partial charge is 0.479 e. The first kappa shape index (κ1) is 23.1. The van der Waals surface area contributed by atoms with Crippen LogP contribution in [0, 0.1) is 0 Å². The highest BCUT2D eigenvalue weighted by molar-refractivity contribution is 6.42. The van der Waals surface area contributed by atoms with Crippen LogP contribution in [0.2, 0.25) is 10.0 Å². The van der Waals surface area contributed by atoms with Gasteiger partial charge in [-0.3, -0.25) is 0 Å². The van der Waals surface area contributed by atoms with Gasteiger partial charge < -0.3 is 26.2 Å². The molecule has 2 unspecified atom stereocenters. The SMILES string of the molecule is N[C@H]1CC[C@@H](c2ccc(Cl)c(Cl)c2)c2ccccc21.O=C(O)C(O)C(O)C(=O)O. The first-order valence-electron chi connectivity index (χ1n) is 8.74. The van der Waals surface area contributed by atoms with Gasteiger partial charge in [-0.05, 0) is 41.7 Å². The Balaban J connectivity index is 0.000000257. The highest BCUT2D eigenvalue weighted by atomic mass is 35.5. The first-order chi connectivity index (χ1) is 13.6. The van der Waals surface area contributed by atoms with Crippen LogP contribution >= 0.6 is 23.2 Å². The molecule has 29 heavy (non-hydrogen) atoms. The Morgan fingerprint density at radius 1 is 0.897 bits per heavy atom. The number of aliphatic hydroxyl groups excluding tert-OH is 2. The van der Waals surface area contributed by atoms with Crippen LogP contribution in [0.15, 0.2) is 42.5 Å². The average molecular weight is 442 g/mol. The zero-order valence-corrected chi connectivity index (χ0v) is 16.7. The van der Waals surface area contributed by atoms with Crippen molar-refractivity contribution in [2.45, 2.75) is 37.0 Å². The number of rotatable bonds is 4. The Morgan fingerprint density at radius 2 is 1.45 bits per heavy atom. The van der Waals surface area contributed by atoms with Gasteiger partial charge in [-0.15, -0.1) is 0 Å². The minimum Gasteiger partial charge on any atom is -0.479 e. The van der Waals surface area contributed by atoms with Crippen LogP contribution in [0.4, 0.5) is 0 Å². The molecule has 0 saturated heterocycles. The molecule has 1 aliphatic rings. The monoisotopic (exact) mass is 441 g/mol. The third kappa shape index (κ3) is 5.68. The topological polar surface area (TPSA) is 141 Å². The molecule has 0 saturated carbocycles.